The number of rotatable bonds is 7. The van der Waals surface area contributed by atoms with Gasteiger partial charge in [0.25, 0.3) is 5.91 Å². The number of thiophene rings is 1. The van der Waals surface area contributed by atoms with Crippen LogP contribution in [0.2, 0.25) is 0 Å². The number of amides is 2. The topological polar surface area (TPSA) is 58.6 Å². The lowest BCUT2D eigenvalue weighted by Crippen LogP contribution is -2.31. The summed E-state index contributed by atoms with van der Waals surface area (Å²) >= 11 is 1.47. The second kappa shape index (κ2) is 9.00. The van der Waals surface area contributed by atoms with Gasteiger partial charge in [0.15, 0.2) is 0 Å². The van der Waals surface area contributed by atoms with E-state index in [1.54, 1.807) is 23.4 Å². The number of benzene rings is 2. The van der Waals surface area contributed by atoms with Crippen molar-refractivity contribution in [3.8, 4) is 11.5 Å². The van der Waals surface area contributed by atoms with Gasteiger partial charge in [0.05, 0.1) is 0 Å². The monoisotopic (exact) mass is 380 g/mol. The molecule has 0 fully saturated rings. The molecule has 3 rings (SSSR count). The maximum Gasteiger partial charge on any atom is 0.252 e. The summed E-state index contributed by atoms with van der Waals surface area (Å²) in [6.07, 6.45) is 0.231. The molecule has 0 spiro atoms. The third-order valence-corrected chi connectivity index (χ3v) is 4.67. The molecule has 0 radical (unpaired) electrons. The molecule has 138 valence electrons. The van der Waals surface area contributed by atoms with E-state index in [-0.39, 0.29) is 18.2 Å². The maximum absolute atomic E-state index is 12.3. The molecule has 0 unspecified atom stereocenters. The number of nitrogens with one attached hydrogen (secondary N) is 1. The van der Waals surface area contributed by atoms with Crippen LogP contribution < -0.4 is 15.0 Å². The Morgan fingerprint density at radius 1 is 1.00 bits per heavy atom. The number of hydrogen-bond donors (Lipinski definition) is 1. The Balaban J connectivity index is 1.50. The van der Waals surface area contributed by atoms with Crippen LogP contribution in [-0.2, 0) is 4.79 Å². The fraction of sp³-hybridized carbons (Fsp3) is 0.143. The SMILES string of the molecule is CN(C(=O)CCNC(=O)c1ccsc1)c1ccc(Oc2ccccc2)cc1. The highest BCUT2D eigenvalue weighted by atomic mass is 32.1. The third kappa shape index (κ3) is 5.18. The average Bonchev–Trinajstić information content (AvgIpc) is 3.23. The molecular formula is C21H20N2O3S. The van der Waals surface area contributed by atoms with Crippen molar-refractivity contribution in [2.24, 2.45) is 0 Å². The zero-order chi connectivity index (χ0) is 19.1. The van der Waals surface area contributed by atoms with Crippen molar-refractivity contribution in [1.82, 2.24) is 5.32 Å². The van der Waals surface area contributed by atoms with Crippen molar-refractivity contribution in [2.75, 3.05) is 18.5 Å². The quantitative estimate of drug-likeness (QED) is 0.664. The second-order valence-electron chi connectivity index (χ2n) is 5.88. The lowest BCUT2D eigenvalue weighted by molar-refractivity contribution is -0.118. The Labute approximate surface area is 162 Å². The first kappa shape index (κ1) is 18.7. The molecule has 0 atom stereocenters. The Kier molecular flexibility index (Phi) is 6.22. The summed E-state index contributed by atoms with van der Waals surface area (Å²) in [5, 5.41) is 6.39. The molecule has 0 saturated heterocycles. The number of ether oxygens (including phenoxy) is 1. The predicted octanol–water partition coefficient (Wildman–Crippen LogP) is 4.32. The second-order valence-corrected chi connectivity index (χ2v) is 6.66. The Hall–Kier alpha value is -3.12. The zero-order valence-electron chi connectivity index (χ0n) is 14.9. The average molecular weight is 380 g/mol. The molecule has 1 heterocycles. The number of anilines is 1. The van der Waals surface area contributed by atoms with E-state index >= 15 is 0 Å². The van der Waals surface area contributed by atoms with Gasteiger partial charge in [-0.05, 0) is 47.8 Å². The van der Waals surface area contributed by atoms with Gasteiger partial charge < -0.3 is 15.0 Å². The fourth-order valence-corrected chi connectivity index (χ4v) is 3.09. The third-order valence-electron chi connectivity index (χ3n) is 3.98. The highest BCUT2D eigenvalue weighted by Crippen LogP contribution is 2.24. The van der Waals surface area contributed by atoms with Gasteiger partial charge in [-0.25, -0.2) is 0 Å². The van der Waals surface area contributed by atoms with Crippen molar-refractivity contribution in [2.45, 2.75) is 6.42 Å². The summed E-state index contributed by atoms with van der Waals surface area (Å²) in [6.45, 7) is 0.299. The number of nitrogens with zero attached hydrogens (tertiary/aromatic N) is 1. The zero-order valence-corrected chi connectivity index (χ0v) is 15.7. The first-order valence-corrected chi connectivity index (χ1v) is 9.47. The normalized spacial score (nSPS) is 10.3. The molecule has 1 aromatic heterocycles. The molecule has 2 amide bonds. The Morgan fingerprint density at radius 2 is 1.70 bits per heavy atom. The van der Waals surface area contributed by atoms with Crippen LogP contribution in [0.15, 0.2) is 71.4 Å². The van der Waals surface area contributed by atoms with Crippen molar-refractivity contribution in [1.29, 1.82) is 0 Å². The largest absolute Gasteiger partial charge is 0.457 e. The summed E-state index contributed by atoms with van der Waals surface area (Å²) in [5.74, 6) is 1.23. The first-order valence-electron chi connectivity index (χ1n) is 8.53. The summed E-state index contributed by atoms with van der Waals surface area (Å²) in [6, 6.07) is 18.6. The minimum Gasteiger partial charge on any atom is -0.457 e. The van der Waals surface area contributed by atoms with E-state index in [1.165, 1.54) is 11.3 Å². The van der Waals surface area contributed by atoms with Crippen LogP contribution in [-0.4, -0.2) is 25.4 Å². The van der Waals surface area contributed by atoms with Crippen LogP contribution in [0.3, 0.4) is 0 Å². The molecule has 3 aromatic rings. The standard InChI is InChI=1S/C21H20N2O3S/c1-23(20(24)11-13-22-21(25)16-12-14-27-15-16)17-7-9-19(10-8-17)26-18-5-3-2-4-6-18/h2-10,12,14-15H,11,13H2,1H3,(H,22,25). The van der Waals surface area contributed by atoms with Gasteiger partial charge in [-0.3, -0.25) is 9.59 Å². The fourth-order valence-electron chi connectivity index (χ4n) is 2.45. The van der Waals surface area contributed by atoms with Crippen molar-refractivity contribution >= 4 is 28.8 Å². The molecule has 0 aliphatic carbocycles. The van der Waals surface area contributed by atoms with Crippen LogP contribution in [0.25, 0.3) is 0 Å². The van der Waals surface area contributed by atoms with Gasteiger partial charge in [0.2, 0.25) is 5.91 Å². The van der Waals surface area contributed by atoms with E-state index < -0.39 is 0 Å². The van der Waals surface area contributed by atoms with Crippen LogP contribution in [0.1, 0.15) is 16.8 Å². The lowest BCUT2D eigenvalue weighted by atomic mass is 10.2. The molecule has 1 N–H and O–H groups in total. The number of carbonyl (C=O) groups excluding carboxylic acids is 2. The summed E-state index contributed by atoms with van der Waals surface area (Å²) in [7, 11) is 1.72. The Bertz CT molecular complexity index is 878. The molecule has 0 aliphatic heterocycles. The summed E-state index contributed by atoms with van der Waals surface area (Å²) in [4.78, 5) is 25.8. The molecule has 0 saturated carbocycles. The van der Waals surface area contributed by atoms with Gasteiger partial charge in [-0.2, -0.15) is 11.3 Å². The summed E-state index contributed by atoms with van der Waals surface area (Å²) < 4.78 is 5.75. The van der Waals surface area contributed by atoms with E-state index in [1.807, 2.05) is 60.0 Å². The molecular weight excluding hydrogens is 360 g/mol. The molecule has 0 aliphatic rings. The van der Waals surface area contributed by atoms with Crippen LogP contribution in [0.5, 0.6) is 11.5 Å². The van der Waals surface area contributed by atoms with Gasteiger partial charge in [-0.1, -0.05) is 18.2 Å². The van der Waals surface area contributed by atoms with Gasteiger partial charge in [0.1, 0.15) is 11.5 Å². The van der Waals surface area contributed by atoms with E-state index in [0.29, 0.717) is 17.9 Å². The molecule has 2 aromatic carbocycles. The van der Waals surface area contributed by atoms with Crippen LogP contribution in [0.4, 0.5) is 5.69 Å². The number of para-hydroxylation sites is 1. The molecule has 0 bridgehead atoms. The highest BCUT2D eigenvalue weighted by molar-refractivity contribution is 7.08. The Morgan fingerprint density at radius 3 is 2.37 bits per heavy atom. The van der Waals surface area contributed by atoms with Crippen molar-refractivity contribution in [3.63, 3.8) is 0 Å². The smallest absolute Gasteiger partial charge is 0.252 e. The molecule has 6 heteroatoms. The van der Waals surface area contributed by atoms with Gasteiger partial charge >= 0.3 is 0 Å². The van der Waals surface area contributed by atoms with E-state index in [4.69, 9.17) is 4.74 Å². The van der Waals surface area contributed by atoms with E-state index in [9.17, 15) is 9.59 Å². The van der Waals surface area contributed by atoms with Crippen molar-refractivity contribution in [3.05, 3.63) is 77.0 Å². The number of carbonyl (C=O) groups is 2. The van der Waals surface area contributed by atoms with Crippen molar-refractivity contribution < 1.29 is 14.3 Å². The van der Waals surface area contributed by atoms with E-state index in [2.05, 4.69) is 5.32 Å². The van der Waals surface area contributed by atoms with Gasteiger partial charge in [0, 0.05) is 36.6 Å². The predicted molar refractivity (Wildman–Crippen MR) is 108 cm³/mol. The first-order chi connectivity index (χ1) is 13.1. The number of hydrogen-bond acceptors (Lipinski definition) is 4. The van der Waals surface area contributed by atoms with Crippen LogP contribution >= 0.6 is 11.3 Å². The van der Waals surface area contributed by atoms with Gasteiger partial charge in [-0.15, -0.1) is 0 Å². The van der Waals surface area contributed by atoms with E-state index in [0.717, 1.165) is 11.4 Å². The lowest BCUT2D eigenvalue weighted by Gasteiger charge is -2.18. The molecule has 5 nitrogen and oxygen atoms in total. The van der Waals surface area contributed by atoms with Crippen LogP contribution in [0, 0.1) is 0 Å². The molecule has 27 heavy (non-hydrogen) atoms. The highest BCUT2D eigenvalue weighted by Gasteiger charge is 2.12. The minimum absolute atomic E-state index is 0.0719. The summed E-state index contributed by atoms with van der Waals surface area (Å²) in [5.41, 5.74) is 1.39. The maximum atomic E-state index is 12.3. The minimum atomic E-state index is -0.158.